The number of imidazole rings is 1. The number of benzene rings is 1. The molecule has 6 heteroatoms. The highest BCUT2D eigenvalue weighted by atomic mass is 79.9. The van der Waals surface area contributed by atoms with Crippen LogP contribution >= 0.6 is 27.5 Å². The van der Waals surface area contributed by atoms with Gasteiger partial charge in [0.1, 0.15) is 22.2 Å². The van der Waals surface area contributed by atoms with Gasteiger partial charge in [-0.25, -0.2) is 4.98 Å². The second-order valence-electron chi connectivity index (χ2n) is 3.59. The van der Waals surface area contributed by atoms with Crippen LogP contribution in [0.15, 0.2) is 22.8 Å². The van der Waals surface area contributed by atoms with Crippen LogP contribution in [0.5, 0.6) is 5.75 Å². The van der Waals surface area contributed by atoms with Crippen LogP contribution in [0.25, 0.3) is 11.4 Å². The SMILES string of the molecule is COc1ccc(Cl)cc1-c1nc(Br)c(C#N)n1C. The summed E-state index contributed by atoms with van der Waals surface area (Å²) < 4.78 is 7.48. The molecule has 0 spiro atoms. The largest absolute Gasteiger partial charge is 0.496 e. The minimum absolute atomic E-state index is 0.451. The fourth-order valence-electron chi connectivity index (χ4n) is 1.68. The molecule has 0 saturated heterocycles. The number of methoxy groups -OCH3 is 1. The number of nitrogens with zero attached hydrogens (tertiary/aromatic N) is 3. The van der Waals surface area contributed by atoms with Gasteiger partial charge in [0.15, 0.2) is 5.69 Å². The molecule has 2 aromatic rings. The van der Waals surface area contributed by atoms with Crippen molar-refractivity contribution in [3.8, 4) is 23.2 Å². The van der Waals surface area contributed by atoms with Crippen molar-refractivity contribution >= 4 is 27.5 Å². The van der Waals surface area contributed by atoms with E-state index in [1.807, 2.05) is 0 Å². The maximum atomic E-state index is 9.04. The molecule has 0 radical (unpaired) electrons. The minimum atomic E-state index is 0.451. The molecule has 1 heterocycles. The molecule has 0 N–H and O–H groups in total. The van der Waals surface area contributed by atoms with Gasteiger partial charge in [-0.3, -0.25) is 0 Å². The molecule has 0 aliphatic heterocycles. The van der Waals surface area contributed by atoms with Crippen molar-refractivity contribution in [1.29, 1.82) is 5.26 Å². The standard InChI is InChI=1S/C12H9BrClN3O/c1-17-9(6-15)11(13)16-12(17)8-5-7(14)3-4-10(8)18-2/h3-5H,1-2H3. The van der Waals surface area contributed by atoms with Crippen LogP contribution in [0, 0.1) is 11.3 Å². The van der Waals surface area contributed by atoms with E-state index in [2.05, 4.69) is 27.0 Å². The third-order valence-electron chi connectivity index (χ3n) is 2.56. The molecule has 0 bridgehead atoms. The molecule has 0 amide bonds. The van der Waals surface area contributed by atoms with Crippen molar-refractivity contribution in [2.75, 3.05) is 7.11 Å². The van der Waals surface area contributed by atoms with Gasteiger partial charge in [-0.2, -0.15) is 5.26 Å². The lowest BCUT2D eigenvalue weighted by molar-refractivity contribution is 0.416. The predicted molar refractivity (Wildman–Crippen MR) is 72.6 cm³/mol. The molecule has 0 unspecified atom stereocenters. The summed E-state index contributed by atoms with van der Waals surface area (Å²) in [7, 11) is 3.35. The number of ether oxygens (including phenoxy) is 1. The van der Waals surface area contributed by atoms with Gasteiger partial charge >= 0.3 is 0 Å². The van der Waals surface area contributed by atoms with Gasteiger partial charge in [0.2, 0.25) is 0 Å². The molecule has 1 aromatic carbocycles. The number of aromatic nitrogens is 2. The lowest BCUT2D eigenvalue weighted by Gasteiger charge is -2.08. The molecule has 2 rings (SSSR count). The predicted octanol–water partition coefficient (Wildman–Crippen LogP) is 3.38. The maximum absolute atomic E-state index is 9.04. The maximum Gasteiger partial charge on any atom is 0.154 e. The Balaban J connectivity index is 2.70. The second kappa shape index (κ2) is 5.01. The monoisotopic (exact) mass is 325 g/mol. The quantitative estimate of drug-likeness (QED) is 0.850. The van der Waals surface area contributed by atoms with E-state index in [1.165, 1.54) is 0 Å². The molecule has 18 heavy (non-hydrogen) atoms. The molecular formula is C12H9BrClN3O. The van der Waals surface area contributed by atoms with E-state index in [9.17, 15) is 0 Å². The topological polar surface area (TPSA) is 50.8 Å². The summed E-state index contributed by atoms with van der Waals surface area (Å²) in [6.45, 7) is 0. The van der Waals surface area contributed by atoms with E-state index in [0.29, 0.717) is 26.9 Å². The van der Waals surface area contributed by atoms with Gasteiger partial charge in [0.25, 0.3) is 0 Å². The minimum Gasteiger partial charge on any atom is -0.496 e. The number of halogens is 2. The molecule has 0 fully saturated rings. The summed E-state index contributed by atoms with van der Waals surface area (Å²) in [6.07, 6.45) is 0. The van der Waals surface area contributed by atoms with Crippen LogP contribution in [0.3, 0.4) is 0 Å². The molecule has 0 saturated carbocycles. The Morgan fingerprint density at radius 2 is 2.22 bits per heavy atom. The van der Waals surface area contributed by atoms with Gasteiger partial charge in [-0.05, 0) is 34.1 Å². The van der Waals surface area contributed by atoms with E-state index in [0.717, 1.165) is 5.56 Å². The van der Waals surface area contributed by atoms with E-state index in [1.54, 1.807) is 36.9 Å². The highest BCUT2D eigenvalue weighted by molar-refractivity contribution is 9.10. The third kappa shape index (κ3) is 2.09. The first-order valence-electron chi connectivity index (χ1n) is 5.04. The van der Waals surface area contributed by atoms with E-state index < -0.39 is 0 Å². The molecule has 0 aliphatic rings. The summed E-state index contributed by atoms with van der Waals surface area (Å²) >= 11 is 9.25. The summed E-state index contributed by atoms with van der Waals surface area (Å²) in [6, 6.07) is 7.36. The summed E-state index contributed by atoms with van der Waals surface area (Å²) in [5, 5.41) is 9.63. The molecule has 1 aromatic heterocycles. The second-order valence-corrected chi connectivity index (χ2v) is 4.78. The highest BCUT2D eigenvalue weighted by Crippen LogP contribution is 2.33. The first kappa shape index (κ1) is 12.9. The van der Waals surface area contributed by atoms with Crippen LogP contribution in [-0.2, 0) is 7.05 Å². The Bertz CT molecular complexity index is 646. The van der Waals surface area contributed by atoms with E-state index in [4.69, 9.17) is 21.6 Å². The fraction of sp³-hybridized carbons (Fsp3) is 0.167. The normalized spacial score (nSPS) is 10.2. The zero-order valence-corrected chi connectivity index (χ0v) is 12.1. The first-order chi connectivity index (χ1) is 8.58. The third-order valence-corrected chi connectivity index (χ3v) is 3.35. The van der Waals surface area contributed by atoms with Crippen molar-refractivity contribution in [3.05, 3.63) is 33.5 Å². The molecule has 0 atom stereocenters. The van der Waals surface area contributed by atoms with Crippen LogP contribution in [0.2, 0.25) is 5.02 Å². The van der Waals surface area contributed by atoms with Crippen molar-refractivity contribution in [2.24, 2.45) is 7.05 Å². The van der Waals surface area contributed by atoms with Gasteiger partial charge in [-0.1, -0.05) is 11.6 Å². The molecular weight excluding hydrogens is 318 g/mol. The number of nitriles is 1. The average molecular weight is 327 g/mol. The van der Waals surface area contributed by atoms with Gasteiger partial charge in [-0.15, -0.1) is 0 Å². The molecule has 4 nitrogen and oxygen atoms in total. The zero-order chi connectivity index (χ0) is 13.3. The summed E-state index contributed by atoms with van der Waals surface area (Å²) in [5.41, 5.74) is 1.20. The Kier molecular flexibility index (Phi) is 3.60. The molecule has 92 valence electrons. The van der Waals surface area contributed by atoms with Crippen LogP contribution in [-0.4, -0.2) is 16.7 Å². The Labute approximate surface area is 118 Å². The van der Waals surface area contributed by atoms with Crippen molar-refractivity contribution < 1.29 is 4.74 Å². The van der Waals surface area contributed by atoms with Crippen molar-refractivity contribution in [3.63, 3.8) is 0 Å². The van der Waals surface area contributed by atoms with Crippen molar-refractivity contribution in [2.45, 2.75) is 0 Å². The Morgan fingerprint density at radius 3 is 2.78 bits per heavy atom. The Morgan fingerprint density at radius 1 is 1.50 bits per heavy atom. The average Bonchev–Trinajstić information content (AvgIpc) is 2.64. The zero-order valence-electron chi connectivity index (χ0n) is 9.74. The van der Waals surface area contributed by atoms with E-state index >= 15 is 0 Å². The lowest BCUT2D eigenvalue weighted by atomic mass is 10.2. The van der Waals surface area contributed by atoms with Gasteiger partial charge in [0.05, 0.1) is 12.7 Å². The Hall–Kier alpha value is -1.51. The summed E-state index contributed by atoms with van der Waals surface area (Å²) in [5.74, 6) is 1.28. The number of hydrogen-bond donors (Lipinski definition) is 0. The van der Waals surface area contributed by atoms with Crippen LogP contribution < -0.4 is 4.74 Å². The van der Waals surface area contributed by atoms with Gasteiger partial charge in [0, 0.05) is 12.1 Å². The van der Waals surface area contributed by atoms with Crippen LogP contribution in [0.1, 0.15) is 5.69 Å². The number of hydrogen-bond acceptors (Lipinski definition) is 3. The number of rotatable bonds is 2. The lowest BCUT2D eigenvalue weighted by Crippen LogP contribution is -1.97. The smallest absolute Gasteiger partial charge is 0.154 e. The highest BCUT2D eigenvalue weighted by Gasteiger charge is 2.17. The van der Waals surface area contributed by atoms with Crippen molar-refractivity contribution in [1.82, 2.24) is 9.55 Å². The first-order valence-corrected chi connectivity index (χ1v) is 6.21. The summed E-state index contributed by atoms with van der Waals surface area (Å²) in [4.78, 5) is 4.32. The van der Waals surface area contributed by atoms with E-state index in [-0.39, 0.29) is 0 Å². The van der Waals surface area contributed by atoms with Crippen LogP contribution in [0.4, 0.5) is 0 Å². The van der Waals surface area contributed by atoms with Gasteiger partial charge < -0.3 is 9.30 Å². The molecule has 0 aliphatic carbocycles. The fourth-order valence-corrected chi connectivity index (χ4v) is 2.38.